The summed E-state index contributed by atoms with van der Waals surface area (Å²) in [6.07, 6.45) is -0.0305. The molecule has 0 amide bonds. The molecule has 0 heterocycles. The van der Waals surface area contributed by atoms with Gasteiger partial charge < -0.3 is 15.9 Å². The smallest absolute Gasteiger partial charge is 0.115 e. The Morgan fingerprint density at radius 1 is 1.38 bits per heavy atom. The van der Waals surface area contributed by atoms with Crippen molar-refractivity contribution in [2.75, 3.05) is 6.54 Å². The lowest BCUT2D eigenvalue weighted by Crippen LogP contribution is -2.21. The summed E-state index contributed by atoms with van der Waals surface area (Å²) in [5, 5.41) is 18.3. The molecular formula is C9H14ClNO2. The topological polar surface area (TPSA) is 66.5 Å². The van der Waals surface area contributed by atoms with Crippen molar-refractivity contribution in [1.82, 2.24) is 0 Å². The fraction of sp³-hybridized carbons (Fsp3) is 0.333. The minimum absolute atomic E-state index is 0. The molecule has 0 spiro atoms. The molecule has 1 aromatic carbocycles. The second kappa shape index (κ2) is 5.80. The second-order valence-corrected chi connectivity index (χ2v) is 2.76. The van der Waals surface area contributed by atoms with E-state index in [0.717, 1.165) is 5.56 Å². The van der Waals surface area contributed by atoms with Gasteiger partial charge in [-0.3, -0.25) is 0 Å². The van der Waals surface area contributed by atoms with Crippen molar-refractivity contribution in [3.63, 3.8) is 0 Å². The number of rotatable bonds is 3. The van der Waals surface area contributed by atoms with E-state index in [2.05, 4.69) is 0 Å². The molecule has 0 saturated carbocycles. The van der Waals surface area contributed by atoms with Crippen molar-refractivity contribution >= 4 is 12.4 Å². The van der Waals surface area contributed by atoms with Gasteiger partial charge >= 0.3 is 0 Å². The lowest BCUT2D eigenvalue weighted by molar-refractivity contribution is 0.183. The van der Waals surface area contributed by atoms with Crippen LogP contribution in [0.4, 0.5) is 0 Å². The third-order valence-electron chi connectivity index (χ3n) is 1.65. The Morgan fingerprint density at radius 3 is 2.62 bits per heavy atom. The first-order valence-corrected chi connectivity index (χ1v) is 3.88. The molecule has 0 fully saturated rings. The molecule has 3 nitrogen and oxygen atoms in total. The summed E-state index contributed by atoms with van der Waals surface area (Å²) in [5.74, 6) is 0.219. The van der Waals surface area contributed by atoms with E-state index in [-0.39, 0.29) is 24.7 Å². The minimum atomic E-state index is -0.521. The molecule has 1 rings (SSSR count). The summed E-state index contributed by atoms with van der Waals surface area (Å²) in [6, 6.07) is 6.81. The summed E-state index contributed by atoms with van der Waals surface area (Å²) in [6.45, 7) is 0.246. The summed E-state index contributed by atoms with van der Waals surface area (Å²) in [4.78, 5) is 0. The van der Waals surface area contributed by atoms with Gasteiger partial charge in [0.15, 0.2) is 0 Å². The monoisotopic (exact) mass is 203 g/mol. The standard InChI is InChI=1S/C9H13NO2.ClH/c10-6-9(12)5-7-2-1-3-8(11)4-7;/h1-4,9,11-12H,5-6,10H2;1H. The summed E-state index contributed by atoms with van der Waals surface area (Å²) in [7, 11) is 0. The van der Waals surface area contributed by atoms with Crippen molar-refractivity contribution in [2.24, 2.45) is 5.73 Å². The molecule has 0 radical (unpaired) electrons. The van der Waals surface area contributed by atoms with Gasteiger partial charge in [0, 0.05) is 6.54 Å². The van der Waals surface area contributed by atoms with Gasteiger partial charge in [0.2, 0.25) is 0 Å². The Balaban J connectivity index is 0.00000144. The van der Waals surface area contributed by atoms with Gasteiger partial charge in [-0.25, -0.2) is 0 Å². The minimum Gasteiger partial charge on any atom is -0.508 e. The van der Waals surface area contributed by atoms with Crippen LogP contribution in [-0.2, 0) is 6.42 Å². The molecule has 0 aromatic heterocycles. The van der Waals surface area contributed by atoms with Crippen LogP contribution in [-0.4, -0.2) is 22.9 Å². The zero-order valence-corrected chi connectivity index (χ0v) is 8.00. The number of nitrogens with two attached hydrogens (primary N) is 1. The Hall–Kier alpha value is -0.770. The highest BCUT2D eigenvalue weighted by atomic mass is 35.5. The van der Waals surface area contributed by atoms with E-state index in [9.17, 15) is 5.11 Å². The fourth-order valence-corrected chi connectivity index (χ4v) is 1.04. The van der Waals surface area contributed by atoms with Crippen LogP contribution in [0.5, 0.6) is 5.75 Å². The number of hydrogen-bond donors (Lipinski definition) is 3. The number of halogens is 1. The van der Waals surface area contributed by atoms with Crippen molar-refractivity contribution in [1.29, 1.82) is 0 Å². The highest BCUT2D eigenvalue weighted by molar-refractivity contribution is 5.85. The number of phenolic OH excluding ortho intramolecular Hbond substituents is 1. The maximum Gasteiger partial charge on any atom is 0.115 e. The van der Waals surface area contributed by atoms with Crippen LogP contribution >= 0.6 is 12.4 Å². The van der Waals surface area contributed by atoms with E-state index in [0.29, 0.717) is 6.42 Å². The summed E-state index contributed by atoms with van der Waals surface area (Å²) >= 11 is 0. The summed E-state index contributed by atoms with van der Waals surface area (Å²) < 4.78 is 0. The maximum absolute atomic E-state index is 9.20. The molecule has 13 heavy (non-hydrogen) atoms. The van der Waals surface area contributed by atoms with Crippen LogP contribution in [0.2, 0.25) is 0 Å². The Morgan fingerprint density at radius 2 is 2.08 bits per heavy atom. The molecule has 4 N–H and O–H groups in total. The van der Waals surface area contributed by atoms with Crippen molar-refractivity contribution in [3.05, 3.63) is 29.8 Å². The van der Waals surface area contributed by atoms with Gasteiger partial charge in [0.1, 0.15) is 5.75 Å². The number of aromatic hydroxyl groups is 1. The van der Waals surface area contributed by atoms with Crippen LogP contribution < -0.4 is 5.73 Å². The van der Waals surface area contributed by atoms with E-state index in [1.807, 2.05) is 6.07 Å². The van der Waals surface area contributed by atoms with Crippen LogP contribution in [0.25, 0.3) is 0 Å². The number of benzene rings is 1. The molecule has 74 valence electrons. The largest absolute Gasteiger partial charge is 0.508 e. The lowest BCUT2D eigenvalue weighted by Gasteiger charge is -2.06. The fourth-order valence-electron chi connectivity index (χ4n) is 1.04. The van der Waals surface area contributed by atoms with E-state index < -0.39 is 6.10 Å². The third kappa shape index (κ3) is 4.12. The van der Waals surface area contributed by atoms with E-state index in [1.54, 1.807) is 18.2 Å². The van der Waals surface area contributed by atoms with E-state index in [4.69, 9.17) is 10.8 Å². The average Bonchev–Trinajstić information content (AvgIpc) is 2.04. The predicted octanol–water partition coefficient (Wildman–Crippen LogP) is 0.676. The molecule has 1 atom stereocenters. The molecule has 1 unspecified atom stereocenters. The lowest BCUT2D eigenvalue weighted by atomic mass is 10.1. The molecule has 0 saturated heterocycles. The molecule has 1 aromatic rings. The molecule has 0 aliphatic rings. The highest BCUT2D eigenvalue weighted by Crippen LogP contribution is 2.12. The van der Waals surface area contributed by atoms with E-state index in [1.165, 1.54) is 0 Å². The van der Waals surface area contributed by atoms with Gasteiger partial charge in [0.05, 0.1) is 6.10 Å². The second-order valence-electron chi connectivity index (χ2n) is 2.76. The van der Waals surface area contributed by atoms with Gasteiger partial charge in [0.25, 0.3) is 0 Å². The Labute approximate surface area is 83.6 Å². The molecule has 0 aliphatic carbocycles. The number of aliphatic hydroxyl groups is 1. The van der Waals surface area contributed by atoms with Gasteiger partial charge in [-0.15, -0.1) is 12.4 Å². The third-order valence-corrected chi connectivity index (χ3v) is 1.65. The van der Waals surface area contributed by atoms with Crippen LogP contribution in [0.3, 0.4) is 0 Å². The van der Waals surface area contributed by atoms with Gasteiger partial charge in [-0.05, 0) is 24.1 Å². The van der Waals surface area contributed by atoms with Crippen LogP contribution in [0, 0.1) is 0 Å². The number of aliphatic hydroxyl groups excluding tert-OH is 1. The predicted molar refractivity (Wildman–Crippen MR) is 54.1 cm³/mol. The highest BCUT2D eigenvalue weighted by Gasteiger charge is 2.02. The van der Waals surface area contributed by atoms with Crippen molar-refractivity contribution < 1.29 is 10.2 Å². The Kier molecular flexibility index (Phi) is 5.46. The molecule has 4 heteroatoms. The van der Waals surface area contributed by atoms with Gasteiger partial charge in [-0.1, -0.05) is 12.1 Å². The summed E-state index contributed by atoms with van der Waals surface area (Å²) in [5.41, 5.74) is 6.14. The molecule has 0 bridgehead atoms. The van der Waals surface area contributed by atoms with Crippen molar-refractivity contribution in [3.8, 4) is 5.75 Å². The van der Waals surface area contributed by atoms with Gasteiger partial charge in [-0.2, -0.15) is 0 Å². The van der Waals surface area contributed by atoms with E-state index >= 15 is 0 Å². The first-order chi connectivity index (χ1) is 5.72. The zero-order chi connectivity index (χ0) is 8.97. The SMILES string of the molecule is Cl.NCC(O)Cc1cccc(O)c1. The normalized spacial score (nSPS) is 11.8. The number of hydrogen-bond acceptors (Lipinski definition) is 3. The molecular weight excluding hydrogens is 190 g/mol. The van der Waals surface area contributed by atoms with Crippen LogP contribution in [0.15, 0.2) is 24.3 Å². The first-order valence-electron chi connectivity index (χ1n) is 3.88. The van der Waals surface area contributed by atoms with Crippen molar-refractivity contribution in [2.45, 2.75) is 12.5 Å². The molecule has 0 aliphatic heterocycles. The quantitative estimate of drug-likeness (QED) is 0.677. The van der Waals surface area contributed by atoms with Crippen LogP contribution in [0.1, 0.15) is 5.56 Å². The maximum atomic E-state index is 9.20. The zero-order valence-electron chi connectivity index (χ0n) is 7.18. The Bertz CT molecular complexity index is 255. The number of phenols is 1. The average molecular weight is 204 g/mol. The first kappa shape index (κ1) is 12.2.